The topological polar surface area (TPSA) is 77.5 Å². The van der Waals surface area contributed by atoms with Crippen molar-refractivity contribution in [3.8, 4) is 23.0 Å². The molecule has 0 radical (unpaired) electrons. The van der Waals surface area contributed by atoms with E-state index in [1.54, 1.807) is 42.1 Å². The van der Waals surface area contributed by atoms with Crippen LogP contribution in [0.15, 0.2) is 54.1 Å². The van der Waals surface area contributed by atoms with E-state index in [1.165, 1.54) is 77.4 Å². The molecule has 0 saturated heterocycles. The van der Waals surface area contributed by atoms with Gasteiger partial charge in [0.1, 0.15) is 11.5 Å². The molecule has 1 N–H and O–H groups in total. The van der Waals surface area contributed by atoms with E-state index in [0.717, 1.165) is 24.3 Å². The van der Waals surface area contributed by atoms with Gasteiger partial charge in [0.2, 0.25) is 0 Å². The van der Waals surface area contributed by atoms with Crippen molar-refractivity contribution in [1.82, 2.24) is 4.90 Å². The summed E-state index contributed by atoms with van der Waals surface area (Å²) in [5.74, 6) is 2.13. The van der Waals surface area contributed by atoms with Crippen LogP contribution in [0, 0.1) is 0 Å². The van der Waals surface area contributed by atoms with Crippen LogP contribution in [0.3, 0.4) is 0 Å². The molecule has 0 fully saturated rings. The standard InChI is InChI=1S/C31H46NO6PS/c1-3-4-5-6-7-8-9-10-11-12-13-14-21-36-30-19-18-28(35-2)24-31(30)38-39(33,34)37-29-17-15-16-27(23-29)25-32-20-22-40-26-32/h15-20,22-24H,3-14,21,25-26H2,1-2H3,(H,33,34). The van der Waals surface area contributed by atoms with Crippen molar-refractivity contribution >= 4 is 19.6 Å². The lowest BCUT2D eigenvalue weighted by Gasteiger charge is -2.18. The largest absolute Gasteiger partial charge is 0.585 e. The summed E-state index contributed by atoms with van der Waals surface area (Å²) in [5, 5.41) is 2.04. The summed E-state index contributed by atoms with van der Waals surface area (Å²) in [5.41, 5.74) is 0.970. The SMILES string of the molecule is CCCCCCCCCCCCCCOc1ccc(OC)cc1OP(=O)(O)Oc1cccc(CN2C=CSC2)c1. The fourth-order valence-electron chi connectivity index (χ4n) is 4.55. The summed E-state index contributed by atoms with van der Waals surface area (Å²) >= 11 is 1.72. The number of phosphoric ester groups is 1. The van der Waals surface area contributed by atoms with Gasteiger partial charge >= 0.3 is 7.82 Å². The quantitative estimate of drug-likeness (QED) is 0.114. The zero-order valence-corrected chi connectivity index (χ0v) is 25.8. The Hall–Kier alpha value is -2.28. The van der Waals surface area contributed by atoms with E-state index in [1.807, 2.05) is 17.7 Å². The molecule has 0 amide bonds. The van der Waals surface area contributed by atoms with Gasteiger partial charge in [-0.1, -0.05) is 89.7 Å². The lowest BCUT2D eigenvalue weighted by Crippen LogP contribution is -2.12. The molecule has 3 rings (SSSR count). The number of unbranched alkanes of at least 4 members (excludes halogenated alkanes) is 11. The highest BCUT2D eigenvalue weighted by Gasteiger charge is 2.27. The smallest absolute Gasteiger partial charge is 0.497 e. The molecule has 0 spiro atoms. The molecule has 1 unspecified atom stereocenters. The van der Waals surface area contributed by atoms with Gasteiger partial charge in [0.25, 0.3) is 0 Å². The van der Waals surface area contributed by atoms with Gasteiger partial charge in [0.05, 0.1) is 19.6 Å². The normalized spacial score (nSPS) is 14.2. The van der Waals surface area contributed by atoms with Gasteiger partial charge in [-0.15, -0.1) is 11.8 Å². The lowest BCUT2D eigenvalue weighted by molar-refractivity contribution is 0.266. The highest BCUT2D eigenvalue weighted by atomic mass is 32.2. The van der Waals surface area contributed by atoms with Crippen molar-refractivity contribution in [2.45, 2.75) is 90.5 Å². The van der Waals surface area contributed by atoms with Crippen molar-refractivity contribution in [1.29, 1.82) is 0 Å². The zero-order valence-electron chi connectivity index (χ0n) is 24.1. The summed E-state index contributed by atoms with van der Waals surface area (Å²) in [6.07, 6.45) is 17.3. The zero-order chi connectivity index (χ0) is 28.5. The molecule has 0 aliphatic carbocycles. The van der Waals surface area contributed by atoms with Gasteiger partial charge in [0, 0.05) is 18.8 Å². The average molecular weight is 592 g/mol. The van der Waals surface area contributed by atoms with Gasteiger partial charge in [-0.05, 0) is 41.7 Å². The Labute approximate surface area is 244 Å². The third-order valence-electron chi connectivity index (χ3n) is 6.73. The Morgan fingerprint density at radius 2 is 1.55 bits per heavy atom. The van der Waals surface area contributed by atoms with Crippen molar-refractivity contribution in [2.75, 3.05) is 19.6 Å². The molecule has 1 aliphatic heterocycles. The Morgan fingerprint density at radius 1 is 0.850 bits per heavy atom. The number of hydrogen-bond donors (Lipinski definition) is 1. The van der Waals surface area contributed by atoms with Crippen LogP contribution in [0.2, 0.25) is 0 Å². The van der Waals surface area contributed by atoms with E-state index >= 15 is 0 Å². The van der Waals surface area contributed by atoms with Crippen molar-refractivity contribution in [3.63, 3.8) is 0 Å². The number of rotatable bonds is 21. The van der Waals surface area contributed by atoms with Gasteiger partial charge in [-0.3, -0.25) is 4.89 Å². The molecule has 1 atom stereocenters. The average Bonchev–Trinajstić information content (AvgIpc) is 3.44. The number of benzene rings is 2. The molecule has 0 saturated carbocycles. The molecule has 2 aromatic rings. The second-order valence-electron chi connectivity index (χ2n) is 10.2. The van der Waals surface area contributed by atoms with E-state index in [2.05, 4.69) is 11.8 Å². The maximum atomic E-state index is 12.9. The van der Waals surface area contributed by atoms with Gasteiger partial charge < -0.3 is 23.4 Å². The van der Waals surface area contributed by atoms with Gasteiger partial charge in [0.15, 0.2) is 11.5 Å². The Balaban J connectivity index is 1.42. The molecule has 0 bridgehead atoms. The first-order chi connectivity index (χ1) is 19.5. The highest BCUT2D eigenvalue weighted by molar-refractivity contribution is 8.02. The third-order valence-corrected chi connectivity index (χ3v) is 8.40. The molecular weight excluding hydrogens is 545 g/mol. The Bertz CT molecular complexity index is 1080. The first-order valence-electron chi connectivity index (χ1n) is 14.6. The summed E-state index contributed by atoms with van der Waals surface area (Å²) < 4.78 is 35.0. The van der Waals surface area contributed by atoms with E-state index < -0.39 is 7.82 Å². The number of nitrogens with zero attached hydrogens (tertiary/aromatic N) is 1. The third kappa shape index (κ3) is 12.5. The van der Waals surface area contributed by atoms with Crippen molar-refractivity contribution < 1.29 is 28.0 Å². The van der Waals surface area contributed by atoms with Gasteiger partial charge in [-0.25, -0.2) is 4.57 Å². The number of hydrogen-bond acceptors (Lipinski definition) is 7. The second kappa shape index (κ2) is 18.2. The Morgan fingerprint density at radius 3 is 2.20 bits per heavy atom. The molecule has 40 heavy (non-hydrogen) atoms. The van der Waals surface area contributed by atoms with Crippen LogP contribution < -0.4 is 18.5 Å². The van der Waals surface area contributed by atoms with E-state index in [0.29, 0.717) is 24.7 Å². The summed E-state index contributed by atoms with van der Waals surface area (Å²) in [7, 11) is -2.96. The van der Waals surface area contributed by atoms with Crippen LogP contribution >= 0.6 is 19.6 Å². The maximum absolute atomic E-state index is 12.9. The number of ether oxygens (including phenoxy) is 2. The lowest BCUT2D eigenvalue weighted by atomic mass is 10.1. The van der Waals surface area contributed by atoms with Crippen LogP contribution in [0.5, 0.6) is 23.0 Å². The first kappa shape index (κ1) is 32.2. The van der Waals surface area contributed by atoms with Crippen LogP contribution in [-0.2, 0) is 11.1 Å². The van der Waals surface area contributed by atoms with Crippen molar-refractivity contribution in [2.24, 2.45) is 0 Å². The summed E-state index contributed by atoms with van der Waals surface area (Å²) in [6.45, 7) is 3.44. The molecule has 2 aromatic carbocycles. The number of thioether (sulfide) groups is 1. The summed E-state index contributed by atoms with van der Waals surface area (Å²) in [4.78, 5) is 12.7. The summed E-state index contributed by atoms with van der Waals surface area (Å²) in [6, 6.07) is 12.1. The Kier molecular flexibility index (Phi) is 14.7. The minimum Gasteiger partial charge on any atom is -0.497 e. The molecule has 1 heterocycles. The molecule has 222 valence electrons. The predicted molar refractivity (Wildman–Crippen MR) is 164 cm³/mol. The number of methoxy groups -OCH3 is 1. The molecule has 0 aromatic heterocycles. The second-order valence-corrected chi connectivity index (χ2v) is 12.3. The monoisotopic (exact) mass is 591 g/mol. The van der Waals surface area contributed by atoms with Crippen molar-refractivity contribution in [3.05, 3.63) is 59.6 Å². The molecule has 1 aliphatic rings. The fraction of sp³-hybridized carbons (Fsp3) is 0.548. The minimum atomic E-state index is -4.49. The first-order valence-corrected chi connectivity index (χ1v) is 17.2. The van der Waals surface area contributed by atoms with Crippen LogP contribution in [0.1, 0.15) is 89.5 Å². The van der Waals surface area contributed by atoms with Crippen LogP contribution in [-0.4, -0.2) is 29.4 Å². The highest BCUT2D eigenvalue weighted by Crippen LogP contribution is 2.48. The van der Waals surface area contributed by atoms with E-state index in [9.17, 15) is 9.46 Å². The number of phosphoric acid groups is 1. The van der Waals surface area contributed by atoms with Gasteiger partial charge in [-0.2, -0.15) is 0 Å². The van der Waals surface area contributed by atoms with E-state index in [-0.39, 0.29) is 11.5 Å². The molecule has 7 nitrogen and oxygen atoms in total. The fourth-order valence-corrected chi connectivity index (χ4v) is 6.07. The van der Waals surface area contributed by atoms with Crippen LogP contribution in [0.25, 0.3) is 0 Å². The molecule has 9 heteroatoms. The van der Waals surface area contributed by atoms with Crippen LogP contribution in [0.4, 0.5) is 0 Å². The minimum absolute atomic E-state index is 0.111. The predicted octanol–water partition coefficient (Wildman–Crippen LogP) is 9.31. The maximum Gasteiger partial charge on any atom is 0.585 e. The molecular formula is C31H46NO6PS. The van der Waals surface area contributed by atoms with E-state index in [4.69, 9.17) is 18.5 Å².